The quantitative estimate of drug-likeness (QED) is 0.582. The van der Waals surface area contributed by atoms with Crippen molar-refractivity contribution in [3.8, 4) is 11.8 Å². The fraction of sp³-hybridized carbons (Fsp3) is 0.300. The van der Waals surface area contributed by atoms with E-state index in [0.29, 0.717) is 17.9 Å². The molecule has 2 N–H and O–H groups in total. The van der Waals surface area contributed by atoms with E-state index in [-0.39, 0.29) is 6.61 Å². The maximum absolute atomic E-state index is 8.72. The fourth-order valence-corrected chi connectivity index (χ4v) is 1.13. The van der Waals surface area contributed by atoms with E-state index in [1.165, 1.54) is 0 Å². The highest BCUT2D eigenvalue weighted by atomic mass is 17.3. The van der Waals surface area contributed by atoms with Gasteiger partial charge in [0.05, 0.1) is 18.2 Å². The zero-order valence-electron chi connectivity index (χ0n) is 8.40. The molecule has 0 spiro atoms. The molecule has 1 rings (SSSR count). The molecule has 15 heavy (non-hydrogen) atoms. The summed E-state index contributed by atoms with van der Waals surface area (Å²) >= 11 is 0. The van der Waals surface area contributed by atoms with Gasteiger partial charge < -0.3 is 4.74 Å². The van der Waals surface area contributed by atoms with Gasteiger partial charge in [0.25, 0.3) is 0 Å². The number of ether oxygens (including phenoxy) is 1. The van der Waals surface area contributed by atoms with Gasteiger partial charge in [-0.1, -0.05) is 6.07 Å². The summed E-state index contributed by atoms with van der Waals surface area (Å²) in [4.78, 5) is 8.61. The van der Waals surface area contributed by atoms with Crippen LogP contribution < -0.4 is 10.6 Å². The lowest BCUT2D eigenvalue weighted by Gasteiger charge is -2.09. The summed E-state index contributed by atoms with van der Waals surface area (Å²) in [6, 6.07) is 7.10. The van der Waals surface area contributed by atoms with Crippen molar-refractivity contribution >= 4 is 0 Å². The van der Waals surface area contributed by atoms with Crippen LogP contribution in [0.25, 0.3) is 0 Å². The summed E-state index contributed by atoms with van der Waals surface area (Å²) in [6.07, 6.45) is 0. The van der Waals surface area contributed by atoms with Crippen LogP contribution in [0.4, 0.5) is 0 Å². The Bertz CT molecular complexity index is 360. The third-order valence-electron chi connectivity index (χ3n) is 1.78. The summed E-state index contributed by atoms with van der Waals surface area (Å²) < 4.78 is 5.35. The van der Waals surface area contributed by atoms with Gasteiger partial charge in [0, 0.05) is 5.56 Å². The molecule has 0 bridgehead atoms. The minimum atomic E-state index is 0.178. The first-order chi connectivity index (χ1) is 7.31. The average Bonchev–Trinajstić information content (AvgIpc) is 2.27. The number of hydrogen-bond acceptors (Lipinski definition) is 5. The molecule has 0 radical (unpaired) electrons. The van der Waals surface area contributed by atoms with E-state index in [9.17, 15) is 0 Å². The number of nitrogens with zero attached hydrogens (tertiary/aromatic N) is 1. The maximum atomic E-state index is 8.72. The Labute approximate surface area is 87.8 Å². The summed E-state index contributed by atoms with van der Waals surface area (Å²) in [5, 5.41) is 8.72. The fourth-order valence-electron chi connectivity index (χ4n) is 1.13. The van der Waals surface area contributed by atoms with E-state index >= 15 is 0 Å². The second-order valence-corrected chi connectivity index (χ2v) is 2.73. The Morgan fingerprint density at radius 2 is 2.27 bits per heavy atom. The molecule has 0 aliphatic carbocycles. The second-order valence-electron chi connectivity index (χ2n) is 2.73. The van der Waals surface area contributed by atoms with Crippen LogP contribution >= 0.6 is 0 Å². The molecule has 0 aliphatic rings. The number of hydrogen-bond donors (Lipinski definition) is 1. The molecule has 0 fully saturated rings. The highest BCUT2D eigenvalue weighted by molar-refractivity contribution is 5.42. The predicted octanol–water partition coefficient (Wildman–Crippen LogP) is 1.28. The smallest absolute Gasteiger partial charge is 0.126 e. The van der Waals surface area contributed by atoms with Crippen molar-refractivity contribution in [1.29, 1.82) is 5.26 Å². The number of nitriles is 1. The molecule has 0 aromatic heterocycles. The van der Waals surface area contributed by atoms with E-state index in [1.807, 2.05) is 13.0 Å². The topological polar surface area (TPSA) is 77.5 Å². The number of nitrogens with two attached hydrogens (primary N) is 1. The van der Waals surface area contributed by atoms with Gasteiger partial charge in [-0.15, -0.1) is 4.99 Å². The third-order valence-corrected chi connectivity index (χ3v) is 1.78. The molecule has 80 valence electrons. The van der Waals surface area contributed by atoms with Gasteiger partial charge in [-0.05, 0) is 19.1 Å². The van der Waals surface area contributed by atoms with Gasteiger partial charge in [-0.25, -0.2) is 4.89 Å². The van der Waals surface area contributed by atoms with Gasteiger partial charge in [0.15, 0.2) is 0 Å². The van der Waals surface area contributed by atoms with Crippen molar-refractivity contribution in [2.45, 2.75) is 13.5 Å². The molecular formula is C10H12N2O3. The highest BCUT2D eigenvalue weighted by Crippen LogP contribution is 2.21. The molecule has 0 heterocycles. The Hall–Kier alpha value is -1.61. The normalized spacial score (nSPS) is 9.67. The Morgan fingerprint density at radius 1 is 1.47 bits per heavy atom. The first-order valence-electron chi connectivity index (χ1n) is 4.46. The van der Waals surface area contributed by atoms with E-state index in [0.717, 1.165) is 5.56 Å². The molecule has 5 nitrogen and oxygen atoms in total. The Morgan fingerprint density at radius 3 is 2.87 bits per heavy atom. The predicted molar refractivity (Wildman–Crippen MR) is 52.4 cm³/mol. The summed E-state index contributed by atoms with van der Waals surface area (Å²) in [6.45, 7) is 2.56. The van der Waals surface area contributed by atoms with Crippen LogP contribution in [0, 0.1) is 11.3 Å². The Kier molecular flexibility index (Phi) is 4.57. The molecule has 1 aromatic rings. The monoisotopic (exact) mass is 208 g/mol. The highest BCUT2D eigenvalue weighted by Gasteiger charge is 2.05. The van der Waals surface area contributed by atoms with Gasteiger partial charge in [0.2, 0.25) is 0 Å². The molecule has 5 heteroatoms. The number of rotatable bonds is 5. The minimum absolute atomic E-state index is 0.178. The summed E-state index contributed by atoms with van der Waals surface area (Å²) in [7, 11) is 0. The van der Waals surface area contributed by atoms with Crippen LogP contribution in [0.15, 0.2) is 18.2 Å². The molecule has 0 amide bonds. The van der Waals surface area contributed by atoms with Crippen molar-refractivity contribution in [2.75, 3.05) is 6.61 Å². The van der Waals surface area contributed by atoms with Crippen LogP contribution in [0.5, 0.6) is 5.75 Å². The molecular weight excluding hydrogens is 196 g/mol. The van der Waals surface area contributed by atoms with E-state index in [4.69, 9.17) is 15.9 Å². The van der Waals surface area contributed by atoms with Gasteiger partial charge >= 0.3 is 0 Å². The average molecular weight is 208 g/mol. The van der Waals surface area contributed by atoms with Crippen LogP contribution in [0.2, 0.25) is 0 Å². The van der Waals surface area contributed by atoms with E-state index in [1.54, 1.807) is 18.2 Å². The molecule has 0 atom stereocenters. The van der Waals surface area contributed by atoms with Crippen LogP contribution in [0.1, 0.15) is 18.1 Å². The van der Waals surface area contributed by atoms with Crippen molar-refractivity contribution in [3.63, 3.8) is 0 Å². The van der Waals surface area contributed by atoms with E-state index < -0.39 is 0 Å². The molecule has 0 aliphatic heterocycles. The lowest BCUT2D eigenvalue weighted by molar-refractivity contribution is -0.309. The molecule has 0 unspecified atom stereocenters. The van der Waals surface area contributed by atoms with Crippen LogP contribution in [0.3, 0.4) is 0 Å². The summed E-state index contributed by atoms with van der Waals surface area (Å²) in [5.41, 5.74) is 1.32. The lowest BCUT2D eigenvalue weighted by Crippen LogP contribution is -2.03. The SMILES string of the molecule is CCOc1cc(C#N)ccc1COON. The van der Waals surface area contributed by atoms with Gasteiger partial charge in [-0.2, -0.15) is 11.2 Å². The van der Waals surface area contributed by atoms with Crippen molar-refractivity contribution in [2.24, 2.45) is 5.90 Å². The van der Waals surface area contributed by atoms with Gasteiger partial charge in [-0.3, -0.25) is 0 Å². The first-order valence-corrected chi connectivity index (χ1v) is 4.46. The molecule has 0 saturated carbocycles. The lowest BCUT2D eigenvalue weighted by atomic mass is 10.1. The maximum Gasteiger partial charge on any atom is 0.126 e. The number of benzene rings is 1. The molecule has 0 saturated heterocycles. The third kappa shape index (κ3) is 3.22. The van der Waals surface area contributed by atoms with Crippen LogP contribution in [-0.4, -0.2) is 6.61 Å². The van der Waals surface area contributed by atoms with Gasteiger partial charge in [0.1, 0.15) is 12.4 Å². The van der Waals surface area contributed by atoms with Crippen molar-refractivity contribution in [3.05, 3.63) is 29.3 Å². The van der Waals surface area contributed by atoms with Crippen LogP contribution in [-0.2, 0) is 16.5 Å². The second kappa shape index (κ2) is 5.98. The largest absolute Gasteiger partial charge is 0.493 e. The first kappa shape index (κ1) is 11.5. The van der Waals surface area contributed by atoms with E-state index in [2.05, 4.69) is 9.88 Å². The van der Waals surface area contributed by atoms with Crippen molar-refractivity contribution < 1.29 is 14.6 Å². The standard InChI is InChI=1S/C10H12N2O3/c1-2-13-10-5-8(6-11)3-4-9(10)7-14-15-12/h3-5H,2,7,12H2,1H3. The molecule has 1 aromatic carbocycles. The van der Waals surface area contributed by atoms with Crippen molar-refractivity contribution in [1.82, 2.24) is 0 Å². The zero-order chi connectivity index (χ0) is 11.1. The summed E-state index contributed by atoms with van der Waals surface area (Å²) in [5.74, 6) is 5.35. The Balaban J connectivity index is 2.88. The minimum Gasteiger partial charge on any atom is -0.493 e. The zero-order valence-corrected chi connectivity index (χ0v) is 8.40.